The first kappa shape index (κ1) is 13.6. The monoisotopic (exact) mass is 284 g/mol. The predicted molar refractivity (Wildman–Crippen MR) is 77.9 cm³/mol. The van der Waals surface area contributed by atoms with Crippen LogP contribution in [0.5, 0.6) is 0 Å². The molecule has 0 aromatic carbocycles. The highest BCUT2D eigenvalue weighted by molar-refractivity contribution is 6.13. The molecule has 108 valence electrons. The number of methoxy groups -OCH3 is 2. The van der Waals surface area contributed by atoms with Gasteiger partial charge in [-0.25, -0.2) is 9.59 Å². The van der Waals surface area contributed by atoms with Crippen LogP contribution in [-0.2, 0) is 15.9 Å². The second-order valence-corrected chi connectivity index (χ2v) is 5.28. The van der Waals surface area contributed by atoms with E-state index in [9.17, 15) is 9.59 Å². The molecule has 4 nitrogen and oxygen atoms in total. The molecule has 0 aromatic rings. The summed E-state index contributed by atoms with van der Waals surface area (Å²) in [5.41, 5.74) is 4.49. The van der Waals surface area contributed by atoms with Gasteiger partial charge in [-0.15, -0.1) is 0 Å². The van der Waals surface area contributed by atoms with Crippen LogP contribution in [0.4, 0.5) is 0 Å². The largest absolute Gasteiger partial charge is 0.465 e. The lowest BCUT2D eigenvalue weighted by molar-refractivity contribution is 0.0556. The van der Waals surface area contributed by atoms with Crippen LogP contribution in [-0.4, -0.2) is 26.2 Å². The van der Waals surface area contributed by atoms with Crippen LogP contribution < -0.4 is 0 Å². The van der Waals surface area contributed by atoms with Gasteiger partial charge in [0.05, 0.1) is 25.3 Å². The molecule has 0 amide bonds. The van der Waals surface area contributed by atoms with E-state index < -0.39 is 11.9 Å². The SMILES string of the molecule is COC(=O)c1c2ccccc3c-2c(c1C(=O)OC)CC3C. The topological polar surface area (TPSA) is 52.6 Å². The van der Waals surface area contributed by atoms with E-state index in [1.165, 1.54) is 14.2 Å². The summed E-state index contributed by atoms with van der Waals surface area (Å²) in [6.07, 6.45) is 0.733. The molecule has 1 atom stereocenters. The van der Waals surface area contributed by atoms with Crippen molar-refractivity contribution >= 4 is 11.9 Å². The molecule has 0 aromatic heterocycles. The molecule has 0 aliphatic heterocycles. The summed E-state index contributed by atoms with van der Waals surface area (Å²) >= 11 is 0. The average molecular weight is 284 g/mol. The minimum absolute atomic E-state index is 0.318. The molecule has 3 rings (SSSR count). The lowest BCUT2D eigenvalue weighted by Crippen LogP contribution is -2.12. The van der Waals surface area contributed by atoms with Crippen LogP contribution in [0.2, 0.25) is 0 Å². The molecule has 1 unspecified atom stereocenters. The highest BCUT2D eigenvalue weighted by atomic mass is 16.5. The van der Waals surface area contributed by atoms with E-state index in [2.05, 4.69) is 6.92 Å². The first-order chi connectivity index (χ1) is 10.1. The quantitative estimate of drug-likeness (QED) is 0.795. The molecule has 0 saturated heterocycles. The molecule has 0 radical (unpaired) electrons. The van der Waals surface area contributed by atoms with Gasteiger partial charge < -0.3 is 9.47 Å². The summed E-state index contributed by atoms with van der Waals surface area (Å²) in [6.45, 7) is 2.12. The Morgan fingerprint density at radius 3 is 2.33 bits per heavy atom. The Morgan fingerprint density at radius 1 is 1.05 bits per heavy atom. The van der Waals surface area contributed by atoms with E-state index in [1.807, 2.05) is 24.3 Å². The van der Waals surface area contributed by atoms with Gasteiger partial charge in [-0.05, 0) is 34.6 Å². The number of carbonyl (C=O) groups excluding carboxylic acids is 2. The Labute approximate surface area is 123 Å². The average Bonchev–Trinajstić information content (AvgIpc) is 2.85. The van der Waals surface area contributed by atoms with Gasteiger partial charge >= 0.3 is 11.9 Å². The number of carbonyl (C=O) groups is 2. The molecule has 3 aliphatic rings. The highest BCUT2D eigenvalue weighted by Crippen LogP contribution is 2.48. The van der Waals surface area contributed by atoms with Crippen molar-refractivity contribution in [3.63, 3.8) is 0 Å². The fourth-order valence-electron chi connectivity index (χ4n) is 3.26. The Morgan fingerprint density at radius 2 is 1.67 bits per heavy atom. The number of rotatable bonds is 2. The van der Waals surface area contributed by atoms with Gasteiger partial charge in [0.15, 0.2) is 0 Å². The van der Waals surface area contributed by atoms with Gasteiger partial charge in [-0.1, -0.05) is 31.2 Å². The summed E-state index contributed by atoms with van der Waals surface area (Å²) in [5.74, 6) is -0.664. The van der Waals surface area contributed by atoms with E-state index in [0.717, 1.165) is 28.7 Å². The molecule has 0 spiro atoms. The summed E-state index contributed by atoms with van der Waals surface area (Å²) in [5, 5.41) is 0. The third kappa shape index (κ3) is 1.82. The molecular formula is C17H16O4. The zero-order chi connectivity index (χ0) is 15.1. The molecular weight excluding hydrogens is 268 g/mol. The van der Waals surface area contributed by atoms with Crippen LogP contribution in [0.1, 0.15) is 44.7 Å². The standard InChI is InChI=1S/C17H16O4/c1-9-8-12-13-10(9)6-4-5-7-11(13)14(16(18)20-2)15(12)17(19)21-3/h4-7,9H,8H2,1-3H3. The minimum atomic E-state index is -0.502. The normalized spacial score (nSPS) is 16.0. The van der Waals surface area contributed by atoms with Gasteiger partial charge in [0, 0.05) is 0 Å². The van der Waals surface area contributed by atoms with Crippen LogP contribution in [0, 0.1) is 0 Å². The van der Waals surface area contributed by atoms with Crippen molar-refractivity contribution in [3.8, 4) is 11.1 Å². The van der Waals surface area contributed by atoms with E-state index in [1.54, 1.807) is 0 Å². The Bertz CT molecular complexity index is 717. The van der Waals surface area contributed by atoms with Gasteiger partial charge in [0.2, 0.25) is 0 Å². The second kappa shape index (κ2) is 4.88. The summed E-state index contributed by atoms with van der Waals surface area (Å²) in [6, 6.07) is 7.74. The molecule has 0 fully saturated rings. The molecule has 0 saturated carbocycles. The van der Waals surface area contributed by atoms with Crippen LogP contribution in [0.15, 0.2) is 24.3 Å². The Balaban J connectivity index is 2.40. The molecule has 0 heterocycles. The smallest absolute Gasteiger partial charge is 0.339 e. The number of hydrogen-bond donors (Lipinski definition) is 0. The predicted octanol–water partition coefficient (Wildman–Crippen LogP) is 3.02. The zero-order valence-electron chi connectivity index (χ0n) is 12.2. The van der Waals surface area contributed by atoms with Crippen molar-refractivity contribution < 1.29 is 19.1 Å². The van der Waals surface area contributed by atoms with E-state index >= 15 is 0 Å². The molecule has 3 aliphatic carbocycles. The number of ether oxygens (including phenoxy) is 2. The zero-order valence-corrected chi connectivity index (χ0v) is 12.2. The van der Waals surface area contributed by atoms with Gasteiger partial charge in [0.25, 0.3) is 0 Å². The van der Waals surface area contributed by atoms with Gasteiger partial charge in [-0.3, -0.25) is 0 Å². The maximum absolute atomic E-state index is 12.2. The van der Waals surface area contributed by atoms with Crippen LogP contribution in [0.3, 0.4) is 0 Å². The van der Waals surface area contributed by atoms with E-state index in [-0.39, 0.29) is 0 Å². The first-order valence-corrected chi connectivity index (χ1v) is 6.84. The van der Waals surface area contributed by atoms with E-state index in [0.29, 0.717) is 17.0 Å². The maximum atomic E-state index is 12.2. The lowest BCUT2D eigenvalue weighted by Gasteiger charge is -2.08. The number of hydrogen-bond acceptors (Lipinski definition) is 4. The summed E-state index contributed by atoms with van der Waals surface area (Å²) < 4.78 is 9.75. The van der Waals surface area contributed by atoms with Crippen LogP contribution >= 0.6 is 0 Å². The lowest BCUT2D eigenvalue weighted by atomic mass is 9.98. The fraction of sp³-hybridized carbons (Fsp3) is 0.294. The molecule has 0 N–H and O–H groups in total. The maximum Gasteiger partial charge on any atom is 0.339 e. The van der Waals surface area contributed by atoms with Crippen molar-refractivity contribution in [1.82, 2.24) is 0 Å². The highest BCUT2D eigenvalue weighted by Gasteiger charge is 2.37. The summed E-state index contributed by atoms with van der Waals surface area (Å²) in [7, 11) is 2.65. The second-order valence-electron chi connectivity index (χ2n) is 5.28. The van der Waals surface area contributed by atoms with Gasteiger partial charge in [-0.2, -0.15) is 0 Å². The van der Waals surface area contributed by atoms with Crippen molar-refractivity contribution in [2.75, 3.05) is 14.2 Å². The third-order valence-corrected chi connectivity index (χ3v) is 4.15. The van der Waals surface area contributed by atoms with Crippen molar-refractivity contribution in [2.45, 2.75) is 19.3 Å². The van der Waals surface area contributed by atoms with Crippen molar-refractivity contribution in [3.05, 3.63) is 46.5 Å². The van der Waals surface area contributed by atoms with Crippen LogP contribution in [0.25, 0.3) is 11.1 Å². The van der Waals surface area contributed by atoms with E-state index in [4.69, 9.17) is 9.47 Å². The van der Waals surface area contributed by atoms with Crippen molar-refractivity contribution in [2.24, 2.45) is 0 Å². The first-order valence-electron chi connectivity index (χ1n) is 6.84. The van der Waals surface area contributed by atoms with Crippen molar-refractivity contribution in [1.29, 1.82) is 0 Å². The third-order valence-electron chi connectivity index (χ3n) is 4.15. The van der Waals surface area contributed by atoms with Gasteiger partial charge in [0.1, 0.15) is 0 Å². The Hall–Kier alpha value is -2.36. The molecule has 21 heavy (non-hydrogen) atoms. The fourth-order valence-corrected chi connectivity index (χ4v) is 3.26. The number of esters is 2. The minimum Gasteiger partial charge on any atom is -0.465 e. The Kier molecular flexibility index (Phi) is 3.16. The molecule has 0 bridgehead atoms. The molecule has 4 heteroatoms. The summed E-state index contributed by atoms with van der Waals surface area (Å²) in [4.78, 5) is 24.4.